The first kappa shape index (κ1) is 20.5. The van der Waals surface area contributed by atoms with Gasteiger partial charge < -0.3 is 25.2 Å². The topological polar surface area (TPSA) is 75.1 Å². The first-order chi connectivity index (χ1) is 12.6. The number of aliphatic hydroxyl groups is 1. The number of hydrogen-bond acceptors (Lipinski definition) is 4. The average Bonchev–Trinajstić information content (AvgIpc) is 2.64. The minimum absolute atomic E-state index is 0.282. The van der Waals surface area contributed by atoms with Gasteiger partial charge in [0.25, 0.3) is 0 Å². The molecule has 0 bridgehead atoms. The van der Waals surface area contributed by atoms with Gasteiger partial charge in [-0.15, -0.1) is 0 Å². The van der Waals surface area contributed by atoms with E-state index in [2.05, 4.69) is 10.6 Å². The van der Waals surface area contributed by atoms with Crippen LogP contribution in [-0.4, -0.2) is 51.5 Å². The van der Waals surface area contributed by atoms with Gasteiger partial charge in [-0.1, -0.05) is 18.6 Å². The quantitative estimate of drug-likeness (QED) is 0.440. The SMILES string of the molecule is CCNC(=NCC1(CCOC)CCC1)NCC(O)c1cccc(OC)c1. The van der Waals surface area contributed by atoms with Crippen LogP contribution in [0.3, 0.4) is 0 Å². The number of rotatable bonds is 10. The molecule has 1 saturated carbocycles. The van der Waals surface area contributed by atoms with Crippen molar-refractivity contribution >= 4 is 5.96 Å². The van der Waals surface area contributed by atoms with Crippen LogP contribution >= 0.6 is 0 Å². The van der Waals surface area contributed by atoms with E-state index < -0.39 is 6.10 Å². The average molecular weight is 364 g/mol. The fourth-order valence-electron chi connectivity index (χ4n) is 3.23. The predicted octanol–water partition coefficient (Wildman–Crippen LogP) is 2.49. The normalized spacial score (nSPS) is 17.3. The number of nitrogens with zero attached hydrogens (tertiary/aromatic N) is 1. The molecule has 1 aliphatic carbocycles. The van der Waals surface area contributed by atoms with E-state index in [0.717, 1.165) is 43.4 Å². The van der Waals surface area contributed by atoms with Gasteiger partial charge in [0, 0.05) is 33.4 Å². The molecule has 6 heteroatoms. The first-order valence-electron chi connectivity index (χ1n) is 9.45. The van der Waals surface area contributed by atoms with Crippen LogP contribution in [-0.2, 0) is 4.74 Å². The van der Waals surface area contributed by atoms with Gasteiger partial charge in [-0.05, 0) is 49.3 Å². The third-order valence-corrected chi connectivity index (χ3v) is 5.11. The van der Waals surface area contributed by atoms with Crippen LogP contribution in [0.2, 0.25) is 0 Å². The molecule has 1 unspecified atom stereocenters. The molecule has 0 aliphatic heterocycles. The van der Waals surface area contributed by atoms with Gasteiger partial charge in [0.1, 0.15) is 5.75 Å². The number of aliphatic imine (C=N–C) groups is 1. The Hall–Kier alpha value is -1.79. The van der Waals surface area contributed by atoms with Crippen LogP contribution in [0.25, 0.3) is 0 Å². The van der Waals surface area contributed by atoms with Crippen molar-refractivity contribution in [2.24, 2.45) is 10.4 Å². The molecule has 0 amide bonds. The zero-order valence-electron chi connectivity index (χ0n) is 16.3. The van der Waals surface area contributed by atoms with Crippen molar-refractivity contribution in [3.63, 3.8) is 0 Å². The molecule has 0 spiro atoms. The maximum atomic E-state index is 10.4. The Labute approximate surface area is 157 Å². The summed E-state index contributed by atoms with van der Waals surface area (Å²) in [5, 5.41) is 17.0. The highest BCUT2D eigenvalue weighted by Gasteiger charge is 2.36. The number of nitrogens with one attached hydrogen (secondary N) is 2. The van der Waals surface area contributed by atoms with Gasteiger partial charge in [0.05, 0.1) is 13.2 Å². The smallest absolute Gasteiger partial charge is 0.191 e. The van der Waals surface area contributed by atoms with Crippen molar-refractivity contribution in [2.75, 3.05) is 40.5 Å². The van der Waals surface area contributed by atoms with Crippen LogP contribution in [0.4, 0.5) is 0 Å². The molecule has 0 radical (unpaired) electrons. The van der Waals surface area contributed by atoms with E-state index in [0.29, 0.717) is 6.54 Å². The lowest BCUT2D eigenvalue weighted by atomic mass is 9.67. The number of hydrogen-bond donors (Lipinski definition) is 3. The number of benzene rings is 1. The highest BCUT2D eigenvalue weighted by Crippen LogP contribution is 2.44. The van der Waals surface area contributed by atoms with E-state index in [1.165, 1.54) is 19.3 Å². The fraction of sp³-hybridized carbons (Fsp3) is 0.650. The summed E-state index contributed by atoms with van der Waals surface area (Å²) in [6.07, 6.45) is 4.13. The summed E-state index contributed by atoms with van der Waals surface area (Å²) in [7, 11) is 3.38. The van der Waals surface area contributed by atoms with E-state index in [9.17, 15) is 5.11 Å². The Kier molecular flexibility index (Phi) is 8.19. The summed E-state index contributed by atoms with van der Waals surface area (Å²) in [4.78, 5) is 4.76. The molecule has 1 fully saturated rings. The van der Waals surface area contributed by atoms with Crippen LogP contribution in [0, 0.1) is 5.41 Å². The molecule has 0 aromatic heterocycles. The second-order valence-corrected chi connectivity index (χ2v) is 6.96. The van der Waals surface area contributed by atoms with Crippen LogP contribution in [0.15, 0.2) is 29.3 Å². The third kappa shape index (κ3) is 5.88. The maximum Gasteiger partial charge on any atom is 0.191 e. The van der Waals surface area contributed by atoms with E-state index in [-0.39, 0.29) is 5.41 Å². The van der Waals surface area contributed by atoms with Crippen molar-refractivity contribution in [3.8, 4) is 5.75 Å². The van der Waals surface area contributed by atoms with Gasteiger partial charge in [-0.25, -0.2) is 0 Å². The van der Waals surface area contributed by atoms with Crippen LogP contribution < -0.4 is 15.4 Å². The number of guanidine groups is 1. The second kappa shape index (κ2) is 10.4. The lowest BCUT2D eigenvalue weighted by Gasteiger charge is -2.40. The number of aliphatic hydroxyl groups excluding tert-OH is 1. The summed E-state index contributed by atoms with van der Waals surface area (Å²) in [5.74, 6) is 1.49. The van der Waals surface area contributed by atoms with E-state index in [4.69, 9.17) is 14.5 Å². The minimum atomic E-state index is -0.625. The summed E-state index contributed by atoms with van der Waals surface area (Å²) < 4.78 is 10.5. The van der Waals surface area contributed by atoms with Gasteiger partial charge >= 0.3 is 0 Å². The van der Waals surface area contributed by atoms with Crippen LogP contribution in [0.1, 0.15) is 44.3 Å². The fourth-order valence-corrected chi connectivity index (χ4v) is 3.23. The lowest BCUT2D eigenvalue weighted by molar-refractivity contribution is 0.0778. The van der Waals surface area contributed by atoms with E-state index in [1.807, 2.05) is 31.2 Å². The van der Waals surface area contributed by atoms with Crippen molar-refractivity contribution in [1.82, 2.24) is 10.6 Å². The molecule has 1 aromatic carbocycles. The molecule has 3 N–H and O–H groups in total. The summed E-state index contributed by atoms with van der Waals surface area (Å²) >= 11 is 0. The Morgan fingerprint density at radius 3 is 2.73 bits per heavy atom. The highest BCUT2D eigenvalue weighted by molar-refractivity contribution is 5.79. The predicted molar refractivity (Wildman–Crippen MR) is 105 cm³/mol. The standard InChI is InChI=1S/C20H33N3O3/c1-4-21-19(23-15-20(9-6-10-20)11-12-25-2)22-14-18(24)16-7-5-8-17(13-16)26-3/h5,7-8,13,18,24H,4,6,9-12,14-15H2,1-3H3,(H2,21,22,23). The number of methoxy groups -OCH3 is 2. The zero-order chi connectivity index (χ0) is 18.8. The molecular weight excluding hydrogens is 330 g/mol. The second-order valence-electron chi connectivity index (χ2n) is 6.96. The number of ether oxygens (including phenoxy) is 2. The molecule has 1 atom stereocenters. The molecule has 146 valence electrons. The maximum absolute atomic E-state index is 10.4. The Morgan fingerprint density at radius 2 is 2.12 bits per heavy atom. The van der Waals surface area contributed by atoms with E-state index >= 15 is 0 Å². The van der Waals surface area contributed by atoms with Gasteiger partial charge in [-0.2, -0.15) is 0 Å². The van der Waals surface area contributed by atoms with Crippen molar-refractivity contribution in [1.29, 1.82) is 0 Å². The van der Waals surface area contributed by atoms with Crippen molar-refractivity contribution in [2.45, 2.75) is 38.7 Å². The molecule has 2 rings (SSSR count). The Bertz CT molecular complexity index is 573. The summed E-state index contributed by atoms with van der Waals surface area (Å²) in [6.45, 7) is 4.80. The summed E-state index contributed by atoms with van der Waals surface area (Å²) in [6, 6.07) is 7.50. The first-order valence-corrected chi connectivity index (χ1v) is 9.45. The third-order valence-electron chi connectivity index (χ3n) is 5.11. The van der Waals surface area contributed by atoms with Gasteiger partial charge in [-0.3, -0.25) is 4.99 Å². The lowest BCUT2D eigenvalue weighted by Crippen LogP contribution is -2.41. The highest BCUT2D eigenvalue weighted by atomic mass is 16.5. The molecule has 1 aromatic rings. The van der Waals surface area contributed by atoms with Crippen molar-refractivity contribution in [3.05, 3.63) is 29.8 Å². The molecule has 0 heterocycles. The largest absolute Gasteiger partial charge is 0.497 e. The van der Waals surface area contributed by atoms with E-state index in [1.54, 1.807) is 14.2 Å². The van der Waals surface area contributed by atoms with Gasteiger partial charge in [0.15, 0.2) is 5.96 Å². The van der Waals surface area contributed by atoms with Gasteiger partial charge in [0.2, 0.25) is 0 Å². The van der Waals surface area contributed by atoms with Crippen molar-refractivity contribution < 1.29 is 14.6 Å². The monoisotopic (exact) mass is 363 g/mol. The Morgan fingerprint density at radius 1 is 1.31 bits per heavy atom. The molecule has 1 aliphatic rings. The zero-order valence-corrected chi connectivity index (χ0v) is 16.3. The molecule has 0 saturated heterocycles. The molecule has 26 heavy (non-hydrogen) atoms. The summed E-state index contributed by atoms with van der Waals surface area (Å²) in [5.41, 5.74) is 1.10. The molecule has 6 nitrogen and oxygen atoms in total. The van der Waals surface area contributed by atoms with Crippen LogP contribution in [0.5, 0.6) is 5.75 Å². The Balaban J connectivity index is 1.92. The minimum Gasteiger partial charge on any atom is -0.497 e. The molecular formula is C20H33N3O3.